The van der Waals surface area contributed by atoms with Crippen LogP contribution in [-0.4, -0.2) is 9.97 Å². The third kappa shape index (κ3) is 2.76. The molecule has 20 heavy (non-hydrogen) atoms. The highest BCUT2D eigenvalue weighted by molar-refractivity contribution is 7.18. The second-order valence-electron chi connectivity index (χ2n) is 4.49. The fourth-order valence-electron chi connectivity index (χ4n) is 2.05. The van der Waals surface area contributed by atoms with Gasteiger partial charge in [0.05, 0.1) is 5.39 Å². The predicted octanol–water partition coefficient (Wildman–Crippen LogP) is 4.52. The van der Waals surface area contributed by atoms with E-state index in [-0.39, 0.29) is 0 Å². The van der Waals surface area contributed by atoms with Crippen molar-refractivity contribution in [2.75, 3.05) is 5.32 Å². The van der Waals surface area contributed by atoms with Gasteiger partial charge in [0.25, 0.3) is 0 Å². The molecule has 102 valence electrons. The molecule has 0 atom stereocenters. The molecule has 0 aliphatic heterocycles. The first-order chi connectivity index (χ1) is 9.76. The van der Waals surface area contributed by atoms with Crippen LogP contribution >= 0.6 is 22.9 Å². The van der Waals surface area contributed by atoms with E-state index < -0.39 is 0 Å². The summed E-state index contributed by atoms with van der Waals surface area (Å²) in [5.41, 5.74) is 1.13. The minimum absolute atomic E-state index is 0.698. The van der Waals surface area contributed by atoms with E-state index in [1.54, 1.807) is 17.7 Å². The monoisotopic (exact) mass is 303 g/mol. The van der Waals surface area contributed by atoms with Gasteiger partial charge in [-0.1, -0.05) is 30.7 Å². The smallest absolute Gasteiger partial charge is 0.138 e. The van der Waals surface area contributed by atoms with E-state index in [0.29, 0.717) is 6.54 Å². The molecule has 0 amide bonds. The van der Waals surface area contributed by atoms with Crippen molar-refractivity contribution < 1.29 is 0 Å². The number of aryl methyl sites for hydroxylation is 1. The second kappa shape index (κ2) is 5.77. The van der Waals surface area contributed by atoms with Crippen LogP contribution in [0.4, 0.5) is 5.82 Å². The Hall–Kier alpha value is -1.65. The van der Waals surface area contributed by atoms with Crippen LogP contribution in [0.25, 0.3) is 10.2 Å². The number of anilines is 1. The Morgan fingerprint density at radius 1 is 1.25 bits per heavy atom. The molecule has 3 aromatic rings. The number of benzene rings is 1. The van der Waals surface area contributed by atoms with E-state index in [2.05, 4.69) is 28.3 Å². The fraction of sp³-hybridized carbons (Fsp3) is 0.200. The normalized spacial score (nSPS) is 10.9. The van der Waals surface area contributed by atoms with Crippen molar-refractivity contribution in [1.29, 1.82) is 0 Å². The van der Waals surface area contributed by atoms with E-state index in [4.69, 9.17) is 11.6 Å². The van der Waals surface area contributed by atoms with Crippen LogP contribution < -0.4 is 5.32 Å². The summed E-state index contributed by atoms with van der Waals surface area (Å²) >= 11 is 7.72. The molecule has 0 aliphatic carbocycles. The van der Waals surface area contributed by atoms with Crippen LogP contribution in [0.2, 0.25) is 5.02 Å². The van der Waals surface area contributed by atoms with Crippen molar-refractivity contribution in [3.8, 4) is 0 Å². The van der Waals surface area contributed by atoms with Crippen LogP contribution in [0.3, 0.4) is 0 Å². The van der Waals surface area contributed by atoms with Gasteiger partial charge in [-0.3, -0.25) is 0 Å². The maximum Gasteiger partial charge on any atom is 0.138 e. The Kier molecular flexibility index (Phi) is 3.85. The van der Waals surface area contributed by atoms with Crippen molar-refractivity contribution in [1.82, 2.24) is 9.97 Å². The summed E-state index contributed by atoms with van der Waals surface area (Å²) in [7, 11) is 0. The topological polar surface area (TPSA) is 37.8 Å². The summed E-state index contributed by atoms with van der Waals surface area (Å²) in [6.45, 7) is 2.85. The molecule has 0 saturated carbocycles. The number of halogens is 1. The lowest BCUT2D eigenvalue weighted by Crippen LogP contribution is -2.01. The third-order valence-corrected chi connectivity index (χ3v) is 4.50. The van der Waals surface area contributed by atoms with Gasteiger partial charge in [-0.2, -0.15) is 0 Å². The van der Waals surface area contributed by atoms with Crippen molar-refractivity contribution >= 4 is 39.0 Å². The Morgan fingerprint density at radius 3 is 2.95 bits per heavy atom. The van der Waals surface area contributed by atoms with Crippen molar-refractivity contribution in [2.45, 2.75) is 19.9 Å². The SMILES string of the molecule is CCc1cc2c(NCc3cccc(Cl)c3)ncnc2s1. The average Bonchev–Trinajstić information content (AvgIpc) is 2.89. The summed E-state index contributed by atoms with van der Waals surface area (Å²) in [6.07, 6.45) is 2.63. The average molecular weight is 304 g/mol. The first kappa shape index (κ1) is 13.3. The highest BCUT2D eigenvalue weighted by Crippen LogP contribution is 2.28. The number of hydrogen-bond acceptors (Lipinski definition) is 4. The highest BCUT2D eigenvalue weighted by atomic mass is 35.5. The van der Waals surface area contributed by atoms with Gasteiger partial charge in [0.2, 0.25) is 0 Å². The maximum atomic E-state index is 5.99. The Bertz CT molecular complexity index is 739. The van der Waals surface area contributed by atoms with Crippen LogP contribution in [0.5, 0.6) is 0 Å². The lowest BCUT2D eigenvalue weighted by Gasteiger charge is -2.06. The predicted molar refractivity (Wildman–Crippen MR) is 85.6 cm³/mol. The first-order valence-corrected chi connectivity index (χ1v) is 7.67. The Morgan fingerprint density at radius 2 is 2.15 bits per heavy atom. The summed E-state index contributed by atoms with van der Waals surface area (Å²) in [4.78, 5) is 11.0. The van der Waals surface area contributed by atoms with Crippen molar-refractivity contribution in [3.63, 3.8) is 0 Å². The molecule has 3 rings (SSSR count). The van der Waals surface area contributed by atoms with Crippen LogP contribution in [0.15, 0.2) is 36.7 Å². The summed E-state index contributed by atoms with van der Waals surface area (Å²) < 4.78 is 0. The number of nitrogens with one attached hydrogen (secondary N) is 1. The highest BCUT2D eigenvalue weighted by Gasteiger charge is 2.07. The number of hydrogen-bond donors (Lipinski definition) is 1. The summed E-state index contributed by atoms with van der Waals surface area (Å²) in [6, 6.07) is 10.00. The molecule has 3 nitrogen and oxygen atoms in total. The minimum atomic E-state index is 0.698. The maximum absolute atomic E-state index is 5.99. The number of nitrogens with zero attached hydrogens (tertiary/aromatic N) is 2. The minimum Gasteiger partial charge on any atom is -0.365 e. The van der Waals surface area contributed by atoms with E-state index in [1.807, 2.05) is 24.3 Å². The fourth-order valence-corrected chi connectivity index (χ4v) is 3.20. The van der Waals surface area contributed by atoms with Gasteiger partial charge in [0, 0.05) is 16.4 Å². The summed E-state index contributed by atoms with van der Waals surface area (Å²) in [5.74, 6) is 0.880. The lowest BCUT2D eigenvalue weighted by atomic mass is 10.2. The van der Waals surface area contributed by atoms with Gasteiger partial charge in [0.15, 0.2) is 0 Å². The Balaban J connectivity index is 1.85. The van der Waals surface area contributed by atoms with Gasteiger partial charge in [-0.05, 0) is 30.2 Å². The van der Waals surface area contributed by atoms with Crippen LogP contribution in [-0.2, 0) is 13.0 Å². The molecule has 5 heteroatoms. The van der Waals surface area contributed by atoms with Crippen LogP contribution in [0.1, 0.15) is 17.4 Å². The van der Waals surface area contributed by atoms with Crippen molar-refractivity contribution in [2.24, 2.45) is 0 Å². The standard InChI is InChI=1S/C15H14ClN3S/c1-2-12-7-13-14(18-9-19-15(13)20-12)17-8-10-4-3-5-11(16)6-10/h3-7,9H,2,8H2,1H3,(H,17,18,19). The zero-order chi connectivity index (χ0) is 13.9. The molecule has 1 N–H and O–H groups in total. The molecule has 0 radical (unpaired) electrons. The van der Waals surface area contributed by atoms with Gasteiger partial charge < -0.3 is 5.32 Å². The molecule has 0 fully saturated rings. The van der Waals surface area contributed by atoms with Crippen molar-refractivity contribution in [3.05, 3.63) is 52.1 Å². The molecular weight excluding hydrogens is 290 g/mol. The summed E-state index contributed by atoms with van der Waals surface area (Å²) in [5, 5.41) is 5.21. The van der Waals surface area contributed by atoms with Gasteiger partial charge in [-0.25, -0.2) is 9.97 Å². The molecule has 1 aromatic carbocycles. The number of rotatable bonds is 4. The quantitative estimate of drug-likeness (QED) is 0.770. The first-order valence-electron chi connectivity index (χ1n) is 6.48. The number of thiophene rings is 1. The van der Waals surface area contributed by atoms with E-state index in [9.17, 15) is 0 Å². The molecular formula is C15H14ClN3S. The number of aromatic nitrogens is 2. The Labute approximate surface area is 126 Å². The third-order valence-electron chi connectivity index (χ3n) is 3.08. The zero-order valence-electron chi connectivity index (χ0n) is 11.1. The van der Waals surface area contributed by atoms with E-state index in [0.717, 1.165) is 33.0 Å². The van der Waals surface area contributed by atoms with Gasteiger partial charge >= 0.3 is 0 Å². The van der Waals surface area contributed by atoms with E-state index in [1.165, 1.54) is 4.88 Å². The van der Waals surface area contributed by atoms with E-state index >= 15 is 0 Å². The second-order valence-corrected chi connectivity index (χ2v) is 6.04. The molecule has 0 aliphatic rings. The zero-order valence-corrected chi connectivity index (χ0v) is 12.6. The molecule has 2 aromatic heterocycles. The molecule has 0 spiro atoms. The lowest BCUT2D eigenvalue weighted by molar-refractivity contribution is 1.10. The number of fused-ring (bicyclic) bond motifs is 1. The van der Waals surface area contributed by atoms with Gasteiger partial charge in [0.1, 0.15) is 17.0 Å². The molecule has 2 heterocycles. The molecule has 0 saturated heterocycles. The molecule has 0 bridgehead atoms. The largest absolute Gasteiger partial charge is 0.365 e. The van der Waals surface area contributed by atoms with Crippen LogP contribution in [0, 0.1) is 0 Å². The molecule has 0 unspecified atom stereocenters. The van der Waals surface area contributed by atoms with Gasteiger partial charge in [-0.15, -0.1) is 11.3 Å².